The Labute approximate surface area is 162 Å². The maximum Gasteiger partial charge on any atom is 0.433 e. The second-order valence-electron chi connectivity index (χ2n) is 8.48. The Kier molecular flexibility index (Phi) is 3.68. The number of amides is 1. The fourth-order valence-electron chi connectivity index (χ4n) is 5.05. The highest BCUT2D eigenvalue weighted by Crippen LogP contribution is 2.73. The number of carbonyl (C=O) groups excluding carboxylic acids is 1. The first kappa shape index (κ1) is 18.5. The first-order valence-electron chi connectivity index (χ1n) is 9.33. The molecule has 6 rings (SSSR count). The molecule has 1 aliphatic heterocycles. The number of nitrogens with zero attached hydrogens (tertiary/aromatic N) is 3. The minimum atomic E-state index is -4.69. The van der Waals surface area contributed by atoms with Crippen LogP contribution < -0.4 is 5.32 Å². The molecule has 1 amide bonds. The number of aryl methyl sites for hydroxylation is 1. The average Bonchev–Trinajstić information content (AvgIpc) is 3.14. The molecular formula is C19H17F5N4O. The Bertz CT molecular complexity index is 995. The van der Waals surface area contributed by atoms with E-state index in [-0.39, 0.29) is 28.6 Å². The molecule has 29 heavy (non-hydrogen) atoms. The van der Waals surface area contributed by atoms with Crippen LogP contribution in [0.4, 0.5) is 22.0 Å². The second-order valence-corrected chi connectivity index (χ2v) is 8.48. The van der Waals surface area contributed by atoms with Gasteiger partial charge in [0, 0.05) is 17.5 Å². The van der Waals surface area contributed by atoms with Crippen molar-refractivity contribution in [1.29, 1.82) is 0 Å². The van der Waals surface area contributed by atoms with Crippen LogP contribution in [0, 0.1) is 16.6 Å². The van der Waals surface area contributed by atoms with Crippen LogP contribution in [0.5, 0.6) is 0 Å². The SMILES string of the molecule is O=C(N[C@H]1CCn2nc(-c3cc(C(F)(F)F)ncc3F)cc21)C12CC(CF)(C1)C2. The van der Waals surface area contributed by atoms with Crippen LogP contribution in [-0.4, -0.2) is 27.3 Å². The number of fused-ring (bicyclic) bond motifs is 1. The summed E-state index contributed by atoms with van der Waals surface area (Å²) in [5, 5.41) is 7.18. The van der Waals surface area contributed by atoms with Gasteiger partial charge in [0.05, 0.1) is 35.7 Å². The molecule has 2 bridgehead atoms. The van der Waals surface area contributed by atoms with Gasteiger partial charge in [-0.3, -0.25) is 13.9 Å². The Balaban J connectivity index is 1.37. The van der Waals surface area contributed by atoms with Crippen LogP contribution in [0.1, 0.15) is 43.1 Å². The fourth-order valence-corrected chi connectivity index (χ4v) is 5.05. The van der Waals surface area contributed by atoms with Crippen LogP contribution in [-0.2, 0) is 17.5 Å². The third kappa shape index (κ3) is 2.67. The molecule has 0 aromatic carbocycles. The lowest BCUT2D eigenvalue weighted by atomic mass is 9.35. The number of pyridine rings is 1. The lowest BCUT2D eigenvalue weighted by molar-refractivity contribution is -0.213. The Hall–Kier alpha value is -2.52. The number of halogens is 5. The largest absolute Gasteiger partial charge is 0.433 e. The smallest absolute Gasteiger partial charge is 0.347 e. The number of rotatable bonds is 4. The Morgan fingerprint density at radius 1 is 1.28 bits per heavy atom. The highest BCUT2D eigenvalue weighted by molar-refractivity contribution is 5.86. The van der Waals surface area contributed by atoms with E-state index in [0.717, 1.165) is 0 Å². The van der Waals surface area contributed by atoms with E-state index in [9.17, 15) is 26.7 Å². The number of nitrogens with one attached hydrogen (secondary N) is 1. The standard InChI is InChI=1S/C19H17F5N4O/c20-9-17-6-18(7-17,8-17)16(29)26-12-1-2-28-14(12)4-13(27-28)10-3-15(19(22,23)24)25-5-11(10)21/h3-5,12H,1-2,6-9H2,(H,26,29)/t12-,17?,18?/m0/s1. The highest BCUT2D eigenvalue weighted by Gasteiger charge is 2.71. The Morgan fingerprint density at radius 2 is 2.00 bits per heavy atom. The quantitative estimate of drug-likeness (QED) is 0.778. The van der Waals surface area contributed by atoms with Gasteiger partial charge < -0.3 is 5.32 Å². The molecule has 0 radical (unpaired) electrons. The van der Waals surface area contributed by atoms with Crippen molar-refractivity contribution in [3.63, 3.8) is 0 Å². The van der Waals surface area contributed by atoms with Gasteiger partial charge >= 0.3 is 6.18 Å². The lowest BCUT2D eigenvalue weighted by Gasteiger charge is -2.68. The first-order valence-corrected chi connectivity index (χ1v) is 9.33. The predicted octanol–water partition coefficient (Wildman–Crippen LogP) is 3.80. The summed E-state index contributed by atoms with van der Waals surface area (Å²) in [4.78, 5) is 15.7. The summed E-state index contributed by atoms with van der Waals surface area (Å²) in [6.07, 6.45) is -1.90. The molecule has 10 heteroatoms. The van der Waals surface area contributed by atoms with Gasteiger partial charge in [-0.15, -0.1) is 0 Å². The topological polar surface area (TPSA) is 59.8 Å². The van der Waals surface area contributed by atoms with Crippen molar-refractivity contribution in [1.82, 2.24) is 20.1 Å². The van der Waals surface area contributed by atoms with E-state index in [1.54, 1.807) is 4.68 Å². The van der Waals surface area contributed by atoms with Gasteiger partial charge in [0.2, 0.25) is 5.91 Å². The molecule has 2 aromatic heterocycles. The van der Waals surface area contributed by atoms with Crippen LogP contribution in [0.25, 0.3) is 11.3 Å². The third-order valence-corrected chi connectivity index (χ3v) is 6.43. The van der Waals surface area contributed by atoms with E-state index in [0.29, 0.717) is 50.2 Å². The second kappa shape index (κ2) is 5.76. The van der Waals surface area contributed by atoms with Crippen molar-refractivity contribution < 1.29 is 26.7 Å². The molecule has 3 heterocycles. The van der Waals surface area contributed by atoms with Crippen LogP contribution in [0.15, 0.2) is 18.3 Å². The molecule has 0 spiro atoms. The molecule has 3 saturated carbocycles. The van der Waals surface area contributed by atoms with E-state index in [1.807, 2.05) is 0 Å². The molecule has 3 fully saturated rings. The van der Waals surface area contributed by atoms with Gasteiger partial charge in [-0.1, -0.05) is 0 Å². The zero-order valence-corrected chi connectivity index (χ0v) is 15.2. The van der Waals surface area contributed by atoms with Gasteiger partial charge in [0.1, 0.15) is 5.69 Å². The summed E-state index contributed by atoms with van der Waals surface area (Å²) >= 11 is 0. The van der Waals surface area contributed by atoms with Gasteiger partial charge in [0.15, 0.2) is 5.82 Å². The third-order valence-electron chi connectivity index (χ3n) is 6.43. The Morgan fingerprint density at radius 3 is 2.66 bits per heavy atom. The van der Waals surface area contributed by atoms with Crippen LogP contribution in [0.2, 0.25) is 0 Å². The summed E-state index contributed by atoms with van der Waals surface area (Å²) < 4.78 is 67.4. The van der Waals surface area contributed by atoms with Crippen LogP contribution >= 0.6 is 0 Å². The minimum Gasteiger partial charge on any atom is -0.347 e. The van der Waals surface area contributed by atoms with Crippen molar-refractivity contribution in [3.8, 4) is 11.3 Å². The fraction of sp³-hybridized carbons (Fsp3) is 0.526. The number of alkyl halides is 4. The van der Waals surface area contributed by atoms with Crippen molar-refractivity contribution in [2.45, 2.75) is 44.4 Å². The van der Waals surface area contributed by atoms with Gasteiger partial charge in [-0.05, 0) is 37.8 Å². The first-order chi connectivity index (χ1) is 13.6. The molecular weight excluding hydrogens is 395 g/mol. The molecule has 0 saturated heterocycles. The van der Waals surface area contributed by atoms with E-state index in [4.69, 9.17) is 0 Å². The van der Waals surface area contributed by atoms with Crippen molar-refractivity contribution in [2.75, 3.05) is 6.67 Å². The lowest BCUT2D eigenvalue weighted by Crippen LogP contribution is -2.68. The molecule has 154 valence electrons. The van der Waals surface area contributed by atoms with Crippen molar-refractivity contribution in [2.24, 2.45) is 10.8 Å². The molecule has 5 nitrogen and oxygen atoms in total. The summed E-state index contributed by atoms with van der Waals surface area (Å²) in [5.74, 6) is -1.02. The van der Waals surface area contributed by atoms with Gasteiger partial charge in [0.25, 0.3) is 0 Å². The van der Waals surface area contributed by atoms with Crippen LogP contribution in [0.3, 0.4) is 0 Å². The number of carbonyl (C=O) groups is 1. The molecule has 4 aliphatic rings. The molecule has 1 atom stereocenters. The van der Waals surface area contributed by atoms with Crippen molar-refractivity contribution in [3.05, 3.63) is 35.5 Å². The van der Waals surface area contributed by atoms with Gasteiger partial charge in [-0.2, -0.15) is 18.3 Å². The highest BCUT2D eigenvalue weighted by atomic mass is 19.4. The van der Waals surface area contributed by atoms with Gasteiger partial charge in [-0.25, -0.2) is 9.37 Å². The summed E-state index contributed by atoms with van der Waals surface area (Å²) in [6, 6.07) is 1.78. The molecule has 0 unspecified atom stereocenters. The van der Waals surface area contributed by atoms with E-state index in [1.165, 1.54) is 6.07 Å². The number of hydrogen-bond donors (Lipinski definition) is 1. The van der Waals surface area contributed by atoms with E-state index >= 15 is 0 Å². The number of hydrogen-bond acceptors (Lipinski definition) is 3. The minimum absolute atomic E-state index is 0.0613. The normalized spacial score (nSPS) is 29.8. The average molecular weight is 412 g/mol. The maximum atomic E-state index is 14.1. The predicted molar refractivity (Wildman–Crippen MR) is 90.6 cm³/mol. The van der Waals surface area contributed by atoms with E-state index in [2.05, 4.69) is 15.4 Å². The molecule has 1 N–H and O–H groups in total. The van der Waals surface area contributed by atoms with Crippen molar-refractivity contribution >= 4 is 5.91 Å². The molecule has 2 aromatic rings. The summed E-state index contributed by atoms with van der Waals surface area (Å²) in [6.45, 7) is 0.0551. The molecule has 3 aliphatic carbocycles. The van der Waals surface area contributed by atoms with E-state index < -0.39 is 29.8 Å². The summed E-state index contributed by atoms with van der Waals surface area (Å²) in [7, 11) is 0. The number of aromatic nitrogens is 3. The summed E-state index contributed by atoms with van der Waals surface area (Å²) in [5.41, 5.74) is -1.60. The zero-order chi connectivity index (χ0) is 20.6. The monoisotopic (exact) mass is 412 g/mol. The zero-order valence-electron chi connectivity index (χ0n) is 15.2. The maximum absolute atomic E-state index is 14.1.